The number of likely N-dealkylation sites (N-methyl/N-ethyl adjacent to an activating group) is 1. The summed E-state index contributed by atoms with van der Waals surface area (Å²) in [7, 11) is -3.77. The van der Waals surface area contributed by atoms with Crippen LogP contribution in [-0.4, -0.2) is 76.6 Å². The number of nitrogens with one attached hydrogen (secondary N) is 1. The summed E-state index contributed by atoms with van der Waals surface area (Å²) in [6, 6.07) is 24.8. The van der Waals surface area contributed by atoms with Crippen LogP contribution in [0.3, 0.4) is 0 Å². The van der Waals surface area contributed by atoms with Crippen LogP contribution >= 0.6 is 0 Å². The number of phenolic OH excluding ortho intramolecular Hbond substituents is 1. The van der Waals surface area contributed by atoms with E-state index in [2.05, 4.69) is 33.4 Å². The number of sulfone groups is 1. The van der Waals surface area contributed by atoms with Crippen LogP contribution in [0.2, 0.25) is 0 Å². The first-order valence-electron chi connectivity index (χ1n) is 17.7. The molecule has 13 nitrogen and oxygen atoms in total. The van der Waals surface area contributed by atoms with Crippen molar-refractivity contribution in [1.82, 2.24) is 14.9 Å². The van der Waals surface area contributed by atoms with Gasteiger partial charge in [0.15, 0.2) is 11.9 Å². The smallest absolute Gasteiger partial charge is 0.265 e. The van der Waals surface area contributed by atoms with E-state index >= 15 is 0 Å². The Bertz CT molecular complexity index is 2280. The number of carbonyl (C=O) groups excluding carboxylic acids is 1. The Hall–Kier alpha value is -5.86. The van der Waals surface area contributed by atoms with Crippen LogP contribution in [0, 0.1) is 6.92 Å². The first kappa shape index (κ1) is 37.9. The lowest BCUT2D eigenvalue weighted by Crippen LogP contribution is -2.30. The molecule has 0 aliphatic carbocycles. The highest BCUT2D eigenvalue weighted by Gasteiger charge is 2.26. The van der Waals surface area contributed by atoms with E-state index in [9.17, 15) is 23.4 Å². The van der Waals surface area contributed by atoms with Gasteiger partial charge in [-0.2, -0.15) is 9.78 Å². The molecule has 0 saturated heterocycles. The normalized spacial score (nSPS) is 13.7. The molecule has 0 radical (unpaired) electrons. The van der Waals surface area contributed by atoms with Crippen LogP contribution in [0.15, 0.2) is 111 Å². The van der Waals surface area contributed by atoms with Gasteiger partial charge in [0.2, 0.25) is 15.7 Å². The molecule has 1 aromatic heterocycles. The van der Waals surface area contributed by atoms with Gasteiger partial charge in [0, 0.05) is 30.9 Å². The molecular weight excluding hydrogens is 707 g/mol. The maximum absolute atomic E-state index is 12.9. The van der Waals surface area contributed by atoms with Crippen molar-refractivity contribution < 1.29 is 28.2 Å². The Balaban J connectivity index is 0.997. The first-order chi connectivity index (χ1) is 26.0. The quantitative estimate of drug-likeness (QED) is 0.118. The summed E-state index contributed by atoms with van der Waals surface area (Å²) in [4.78, 5) is 20.0. The molecule has 1 aliphatic heterocycles. The molecule has 1 amide bonds. The fourth-order valence-electron chi connectivity index (χ4n) is 6.05. The van der Waals surface area contributed by atoms with E-state index in [4.69, 9.17) is 14.8 Å². The topological polar surface area (TPSA) is 172 Å². The number of benzene rings is 4. The average Bonchev–Trinajstić information content (AvgIpc) is 3.70. The number of amides is 1. The second kappa shape index (κ2) is 16.4. The molecule has 3 N–H and O–H groups in total. The highest BCUT2D eigenvalue weighted by Crippen LogP contribution is 2.28. The van der Waals surface area contributed by atoms with E-state index < -0.39 is 15.9 Å². The molecule has 280 valence electrons. The molecule has 2 heterocycles. The van der Waals surface area contributed by atoms with Crippen molar-refractivity contribution in [2.75, 3.05) is 29.9 Å². The van der Waals surface area contributed by atoms with E-state index in [-0.39, 0.29) is 28.1 Å². The molecule has 14 heteroatoms. The van der Waals surface area contributed by atoms with E-state index in [0.717, 1.165) is 53.4 Å². The zero-order valence-corrected chi connectivity index (χ0v) is 31.4. The molecule has 5 aromatic rings. The Labute approximate surface area is 314 Å². The van der Waals surface area contributed by atoms with Crippen molar-refractivity contribution in [2.24, 2.45) is 10.1 Å². The number of aromatic nitrogens is 3. The maximum atomic E-state index is 12.9. The number of aliphatic hydroxyl groups excluding tert-OH is 1. The van der Waals surface area contributed by atoms with Crippen molar-refractivity contribution in [1.29, 1.82) is 0 Å². The van der Waals surface area contributed by atoms with Crippen LogP contribution in [0.5, 0.6) is 11.5 Å². The standard InChI is InChI=1S/C40H43N7O6S/c1-5-46(23-24-48)31-13-22-36(26(2)25-31)42-38-27(3)45-47-37(43-44-39(38)47)8-6-7-29-9-11-30(12-10-29)41-40(50)28(4)53-33-16-20-35(21-17-33)54(51,52)34-18-14-32(49)15-19-34/h9-22,25,28,48-49H,5-8,23-24H2,1-4H3,(H,41,50)/b42-38-. The third kappa shape index (κ3) is 8.50. The van der Waals surface area contributed by atoms with Crippen LogP contribution < -0.4 is 15.0 Å². The van der Waals surface area contributed by atoms with Gasteiger partial charge >= 0.3 is 0 Å². The van der Waals surface area contributed by atoms with Crippen molar-refractivity contribution in [2.45, 2.75) is 62.9 Å². The zero-order chi connectivity index (χ0) is 38.4. The number of fused-ring (bicyclic) bond motifs is 1. The average molecular weight is 750 g/mol. The SMILES string of the molecule is CCN(CCO)c1ccc(/N=C2/C(C)=Nn3c(CCCc4ccc(NC(=O)C(C)Oc5ccc(S(=O)(=O)c6ccc(O)cc6)cc5)cc4)nnc32)c(C)c1. The van der Waals surface area contributed by atoms with Gasteiger partial charge in [0.1, 0.15) is 17.2 Å². The molecule has 0 bridgehead atoms. The second-order valence-electron chi connectivity index (χ2n) is 12.9. The van der Waals surface area contributed by atoms with Crippen molar-refractivity contribution in [3.05, 3.63) is 114 Å². The van der Waals surface area contributed by atoms with E-state index in [1.807, 2.05) is 50.2 Å². The van der Waals surface area contributed by atoms with Crippen LogP contribution in [0.4, 0.5) is 17.1 Å². The number of nitrogens with zero attached hydrogens (tertiary/aromatic N) is 6. The molecule has 0 spiro atoms. The fraction of sp³-hybridized carbons (Fsp3) is 0.275. The van der Waals surface area contributed by atoms with Crippen molar-refractivity contribution in [3.8, 4) is 11.5 Å². The number of ether oxygens (including phenoxy) is 1. The van der Waals surface area contributed by atoms with Gasteiger partial charge in [-0.1, -0.05) is 12.1 Å². The highest BCUT2D eigenvalue weighted by atomic mass is 32.2. The van der Waals surface area contributed by atoms with Crippen molar-refractivity contribution >= 4 is 44.2 Å². The molecule has 1 aliphatic rings. The Kier molecular flexibility index (Phi) is 11.5. The number of phenols is 1. The second-order valence-corrected chi connectivity index (χ2v) is 14.9. The number of hydrogen-bond acceptors (Lipinski definition) is 11. The Morgan fingerprint density at radius 2 is 1.63 bits per heavy atom. The van der Waals surface area contributed by atoms with Gasteiger partial charge in [-0.3, -0.25) is 4.79 Å². The number of rotatable bonds is 15. The Morgan fingerprint density at radius 1 is 0.944 bits per heavy atom. The number of aromatic hydroxyl groups is 1. The monoisotopic (exact) mass is 749 g/mol. The highest BCUT2D eigenvalue weighted by molar-refractivity contribution is 7.91. The number of carbonyl (C=O) groups is 1. The minimum Gasteiger partial charge on any atom is -0.508 e. The van der Waals surface area contributed by atoms with Gasteiger partial charge < -0.3 is 25.2 Å². The molecule has 0 saturated carbocycles. The summed E-state index contributed by atoms with van der Waals surface area (Å²) in [6.07, 6.45) is 1.42. The third-order valence-electron chi connectivity index (χ3n) is 9.09. The van der Waals surface area contributed by atoms with Crippen LogP contribution in [0.25, 0.3) is 0 Å². The predicted molar refractivity (Wildman–Crippen MR) is 208 cm³/mol. The molecular formula is C40H43N7O6S. The van der Waals surface area contributed by atoms with Gasteiger partial charge in [-0.25, -0.2) is 13.4 Å². The van der Waals surface area contributed by atoms with E-state index in [0.29, 0.717) is 35.9 Å². The summed E-state index contributed by atoms with van der Waals surface area (Å²) >= 11 is 0. The summed E-state index contributed by atoms with van der Waals surface area (Å²) in [5, 5.41) is 35.2. The van der Waals surface area contributed by atoms with Gasteiger partial charge in [-0.15, -0.1) is 10.2 Å². The Morgan fingerprint density at radius 3 is 2.28 bits per heavy atom. The van der Waals surface area contributed by atoms with Gasteiger partial charge in [0.25, 0.3) is 5.91 Å². The zero-order valence-electron chi connectivity index (χ0n) is 30.6. The minimum absolute atomic E-state index is 0.0233. The lowest BCUT2D eigenvalue weighted by molar-refractivity contribution is -0.122. The van der Waals surface area contributed by atoms with Crippen LogP contribution in [0.1, 0.15) is 50.0 Å². The molecule has 6 rings (SSSR count). The maximum Gasteiger partial charge on any atom is 0.265 e. The van der Waals surface area contributed by atoms with E-state index in [1.165, 1.54) is 48.5 Å². The summed E-state index contributed by atoms with van der Waals surface area (Å²) < 4.78 is 33.3. The van der Waals surface area contributed by atoms with Crippen molar-refractivity contribution in [3.63, 3.8) is 0 Å². The third-order valence-corrected chi connectivity index (χ3v) is 10.9. The molecule has 54 heavy (non-hydrogen) atoms. The lowest BCUT2D eigenvalue weighted by Gasteiger charge is -2.22. The number of aliphatic hydroxyl groups is 1. The number of hydrogen-bond donors (Lipinski definition) is 3. The largest absolute Gasteiger partial charge is 0.508 e. The minimum atomic E-state index is -3.77. The summed E-state index contributed by atoms with van der Waals surface area (Å²) in [6.45, 7) is 9.08. The number of aryl methyl sites for hydroxylation is 3. The predicted octanol–water partition coefficient (Wildman–Crippen LogP) is 5.88. The fourth-order valence-corrected chi connectivity index (χ4v) is 7.31. The molecule has 4 aromatic carbocycles. The summed E-state index contributed by atoms with van der Waals surface area (Å²) in [5.74, 6) is 1.35. The van der Waals surface area contributed by atoms with Crippen LogP contribution in [-0.2, 0) is 27.5 Å². The number of anilines is 2. The van der Waals surface area contributed by atoms with Gasteiger partial charge in [-0.05, 0) is 131 Å². The van der Waals surface area contributed by atoms with E-state index in [1.54, 1.807) is 11.6 Å². The summed E-state index contributed by atoms with van der Waals surface area (Å²) in [5.41, 5.74) is 6.08. The first-order valence-corrected chi connectivity index (χ1v) is 19.2. The molecule has 1 unspecified atom stereocenters. The lowest BCUT2D eigenvalue weighted by atomic mass is 10.1. The molecule has 0 fully saturated rings. The molecule has 1 atom stereocenters. The number of aliphatic imine (C=N–C) groups is 1. The van der Waals surface area contributed by atoms with Gasteiger partial charge in [0.05, 0.1) is 27.8 Å².